The van der Waals surface area contributed by atoms with Crippen LogP contribution >= 0.6 is 0 Å². The first-order chi connectivity index (χ1) is 5.06. The Morgan fingerprint density at radius 1 is 1.64 bits per heavy atom. The van der Waals surface area contributed by atoms with Crippen LogP contribution in [0.3, 0.4) is 0 Å². The van der Waals surface area contributed by atoms with Crippen LogP contribution in [-0.4, -0.2) is 0 Å². The van der Waals surface area contributed by atoms with Gasteiger partial charge in [-0.3, -0.25) is 0 Å². The molecule has 0 aliphatic heterocycles. The molecule has 0 amide bonds. The van der Waals surface area contributed by atoms with Gasteiger partial charge < -0.3 is 10.2 Å². The van der Waals surface area contributed by atoms with E-state index in [1.807, 2.05) is 13.0 Å². The summed E-state index contributed by atoms with van der Waals surface area (Å²) in [7, 11) is 0. The maximum absolute atomic E-state index is 8.62. The Labute approximate surface area is 65.4 Å². The van der Waals surface area contributed by atoms with Gasteiger partial charge in [0.05, 0.1) is 6.07 Å². The number of nitrogens with zero attached hydrogens (tertiary/aromatic N) is 1. The molecule has 1 aromatic heterocycles. The molecule has 1 heterocycles. The summed E-state index contributed by atoms with van der Waals surface area (Å²) >= 11 is 0. The fourth-order valence-electron chi connectivity index (χ4n) is 0.769. The van der Waals surface area contributed by atoms with Crippen LogP contribution in [0, 0.1) is 18.3 Å². The molecule has 3 heteroatoms. The Kier molecular flexibility index (Phi) is 1.71. The molecule has 3 nitrogen and oxygen atoms in total. The fourth-order valence-corrected chi connectivity index (χ4v) is 0.769. The minimum Gasteiger partial charge on any atom is -0.463 e. The summed E-state index contributed by atoms with van der Waals surface area (Å²) in [6.07, 6.45) is 0. The molecule has 0 aliphatic carbocycles. The molecule has 0 saturated carbocycles. The smallest absolute Gasteiger partial charge is 0.159 e. The molecule has 0 fully saturated rings. The van der Waals surface area contributed by atoms with Crippen molar-refractivity contribution in [1.82, 2.24) is 0 Å². The van der Waals surface area contributed by atoms with Crippen molar-refractivity contribution in [2.24, 2.45) is 5.73 Å². The molecule has 1 atom stereocenters. The van der Waals surface area contributed by atoms with Crippen molar-refractivity contribution in [2.75, 3.05) is 0 Å². The van der Waals surface area contributed by atoms with Crippen molar-refractivity contribution < 1.29 is 4.42 Å². The Hall–Kier alpha value is -1.27. The van der Waals surface area contributed by atoms with Crippen molar-refractivity contribution in [3.63, 3.8) is 0 Å². The van der Waals surface area contributed by atoms with E-state index < -0.39 is 5.54 Å². The van der Waals surface area contributed by atoms with E-state index in [0.29, 0.717) is 5.76 Å². The molecule has 0 aromatic carbocycles. The highest BCUT2D eigenvalue weighted by Gasteiger charge is 2.23. The lowest BCUT2D eigenvalue weighted by Crippen LogP contribution is -2.30. The van der Waals surface area contributed by atoms with Gasteiger partial charge in [-0.1, -0.05) is 0 Å². The molecule has 0 spiro atoms. The fraction of sp³-hybridized carbons (Fsp3) is 0.375. The van der Waals surface area contributed by atoms with E-state index in [1.165, 1.54) is 0 Å². The predicted octanol–water partition coefficient (Wildman–Crippen LogP) is 1.29. The van der Waals surface area contributed by atoms with E-state index in [0.717, 1.165) is 5.76 Å². The number of hydrogen-bond donors (Lipinski definition) is 1. The van der Waals surface area contributed by atoms with Crippen LogP contribution in [0.2, 0.25) is 0 Å². The zero-order chi connectivity index (χ0) is 8.48. The van der Waals surface area contributed by atoms with Gasteiger partial charge in [-0.05, 0) is 26.0 Å². The first kappa shape index (κ1) is 7.83. The quantitative estimate of drug-likeness (QED) is 0.656. The van der Waals surface area contributed by atoms with Crippen LogP contribution < -0.4 is 5.73 Å². The molecule has 0 bridgehead atoms. The SMILES string of the molecule is Cc1ccc([C@@](C)(N)C#N)o1. The van der Waals surface area contributed by atoms with E-state index in [2.05, 4.69) is 0 Å². The summed E-state index contributed by atoms with van der Waals surface area (Å²) in [4.78, 5) is 0. The zero-order valence-electron chi connectivity index (χ0n) is 6.59. The van der Waals surface area contributed by atoms with E-state index in [4.69, 9.17) is 15.4 Å². The number of rotatable bonds is 1. The van der Waals surface area contributed by atoms with E-state index in [1.54, 1.807) is 19.1 Å². The third kappa shape index (κ3) is 1.41. The lowest BCUT2D eigenvalue weighted by Gasteiger charge is -2.10. The third-order valence-corrected chi connectivity index (χ3v) is 1.48. The standard InChI is InChI=1S/C8H10N2O/c1-6-3-4-7(11-6)8(2,10)5-9/h3-4H,10H2,1-2H3/t8-/m0/s1. The van der Waals surface area contributed by atoms with Crippen molar-refractivity contribution in [2.45, 2.75) is 19.4 Å². The van der Waals surface area contributed by atoms with Gasteiger partial charge in [-0.25, -0.2) is 0 Å². The highest BCUT2D eigenvalue weighted by molar-refractivity contribution is 5.21. The van der Waals surface area contributed by atoms with Gasteiger partial charge in [0.1, 0.15) is 11.5 Å². The Balaban J connectivity index is 3.04. The predicted molar refractivity (Wildman–Crippen MR) is 40.6 cm³/mol. The Morgan fingerprint density at radius 2 is 2.27 bits per heavy atom. The lowest BCUT2D eigenvalue weighted by molar-refractivity contribution is 0.416. The van der Waals surface area contributed by atoms with Crippen LogP contribution in [0.15, 0.2) is 16.5 Å². The number of furan rings is 1. The summed E-state index contributed by atoms with van der Waals surface area (Å²) in [6.45, 7) is 3.43. The van der Waals surface area contributed by atoms with Crippen LogP contribution in [0.1, 0.15) is 18.4 Å². The summed E-state index contributed by atoms with van der Waals surface area (Å²) in [5, 5.41) is 8.62. The summed E-state index contributed by atoms with van der Waals surface area (Å²) in [6, 6.07) is 5.47. The molecule has 1 aromatic rings. The van der Waals surface area contributed by atoms with Gasteiger partial charge >= 0.3 is 0 Å². The van der Waals surface area contributed by atoms with E-state index >= 15 is 0 Å². The minimum absolute atomic E-state index is 0.512. The molecular weight excluding hydrogens is 140 g/mol. The highest BCUT2D eigenvalue weighted by Crippen LogP contribution is 2.18. The third-order valence-electron chi connectivity index (χ3n) is 1.48. The number of nitrogens with two attached hydrogens (primary N) is 1. The van der Waals surface area contributed by atoms with Crippen LogP contribution in [-0.2, 0) is 5.54 Å². The highest BCUT2D eigenvalue weighted by atomic mass is 16.3. The van der Waals surface area contributed by atoms with Crippen molar-refractivity contribution >= 4 is 0 Å². The van der Waals surface area contributed by atoms with Gasteiger partial charge in [0, 0.05) is 0 Å². The van der Waals surface area contributed by atoms with Crippen LogP contribution in [0.5, 0.6) is 0 Å². The molecule has 0 saturated heterocycles. The topological polar surface area (TPSA) is 63.0 Å². The molecule has 0 unspecified atom stereocenters. The summed E-state index contributed by atoms with van der Waals surface area (Å²) < 4.78 is 5.19. The van der Waals surface area contributed by atoms with Crippen molar-refractivity contribution in [1.29, 1.82) is 5.26 Å². The van der Waals surface area contributed by atoms with E-state index in [-0.39, 0.29) is 0 Å². The van der Waals surface area contributed by atoms with Crippen molar-refractivity contribution in [3.8, 4) is 6.07 Å². The lowest BCUT2D eigenvalue weighted by atomic mass is 10.0. The molecule has 0 radical (unpaired) electrons. The second-order valence-electron chi connectivity index (χ2n) is 2.72. The number of aryl methyl sites for hydroxylation is 1. The monoisotopic (exact) mass is 150 g/mol. The Bertz CT molecular complexity index is 293. The second-order valence-corrected chi connectivity index (χ2v) is 2.72. The normalized spacial score (nSPS) is 15.5. The number of nitriles is 1. The maximum atomic E-state index is 8.62. The Morgan fingerprint density at radius 3 is 2.64 bits per heavy atom. The zero-order valence-corrected chi connectivity index (χ0v) is 6.59. The van der Waals surface area contributed by atoms with Gasteiger partial charge in [0.15, 0.2) is 5.54 Å². The van der Waals surface area contributed by atoms with Crippen LogP contribution in [0.25, 0.3) is 0 Å². The van der Waals surface area contributed by atoms with Gasteiger partial charge in [-0.2, -0.15) is 5.26 Å². The summed E-state index contributed by atoms with van der Waals surface area (Å²) in [5.41, 5.74) is 4.59. The van der Waals surface area contributed by atoms with Gasteiger partial charge in [0.25, 0.3) is 0 Å². The average molecular weight is 150 g/mol. The minimum atomic E-state index is -1.01. The maximum Gasteiger partial charge on any atom is 0.159 e. The second kappa shape index (κ2) is 2.40. The molecule has 58 valence electrons. The average Bonchev–Trinajstić information content (AvgIpc) is 2.36. The molecule has 0 aliphatic rings. The number of hydrogen-bond acceptors (Lipinski definition) is 3. The van der Waals surface area contributed by atoms with E-state index in [9.17, 15) is 0 Å². The van der Waals surface area contributed by atoms with Gasteiger partial charge in [-0.15, -0.1) is 0 Å². The summed E-state index contributed by atoms with van der Waals surface area (Å²) in [5.74, 6) is 1.28. The van der Waals surface area contributed by atoms with Gasteiger partial charge in [0.2, 0.25) is 0 Å². The van der Waals surface area contributed by atoms with Crippen molar-refractivity contribution in [3.05, 3.63) is 23.7 Å². The first-order valence-electron chi connectivity index (χ1n) is 3.33. The molecular formula is C8H10N2O. The molecule has 11 heavy (non-hydrogen) atoms. The molecule has 2 N–H and O–H groups in total. The first-order valence-corrected chi connectivity index (χ1v) is 3.33. The van der Waals surface area contributed by atoms with Crippen LogP contribution in [0.4, 0.5) is 0 Å². The molecule has 1 rings (SSSR count). The largest absolute Gasteiger partial charge is 0.463 e.